The Balaban J connectivity index is 2.23. The first-order chi connectivity index (χ1) is 8.65. The lowest BCUT2D eigenvalue weighted by molar-refractivity contribution is 0.447. The molecule has 0 aliphatic rings. The molecule has 0 saturated heterocycles. The topological polar surface area (TPSA) is 83.3 Å². The molecule has 18 heavy (non-hydrogen) atoms. The largest absolute Gasteiger partial charge is 0.493 e. The fourth-order valence-electron chi connectivity index (χ4n) is 1.69. The highest BCUT2D eigenvalue weighted by Crippen LogP contribution is 2.17. The maximum Gasteiger partial charge on any atom is 0.257 e. The van der Waals surface area contributed by atoms with Gasteiger partial charge in [-0.3, -0.25) is 4.79 Å². The average Bonchev–Trinajstić information content (AvgIpc) is 2.79. The summed E-state index contributed by atoms with van der Waals surface area (Å²) < 4.78 is 1.81. The predicted octanol–water partition coefficient (Wildman–Crippen LogP) is 1.10. The number of nitrogens with one attached hydrogen (secondary N) is 1. The number of rotatable bonds is 1. The van der Waals surface area contributed by atoms with Gasteiger partial charge in [0.25, 0.3) is 5.56 Å². The monoisotopic (exact) mass is 242 g/mol. The summed E-state index contributed by atoms with van der Waals surface area (Å²) in [5.41, 5.74) is 1.08. The number of aromatic nitrogens is 4. The molecule has 3 rings (SSSR count). The van der Waals surface area contributed by atoms with Crippen LogP contribution in [0, 0.1) is 6.92 Å². The third-order valence-electron chi connectivity index (χ3n) is 2.73. The molecular weight excluding hydrogens is 232 g/mol. The van der Waals surface area contributed by atoms with E-state index >= 15 is 0 Å². The van der Waals surface area contributed by atoms with Gasteiger partial charge in [-0.2, -0.15) is 4.98 Å². The Morgan fingerprint density at radius 3 is 2.89 bits per heavy atom. The van der Waals surface area contributed by atoms with Gasteiger partial charge in [-0.25, -0.2) is 4.98 Å². The quantitative estimate of drug-likeness (QED) is 0.669. The van der Waals surface area contributed by atoms with Gasteiger partial charge in [0.15, 0.2) is 5.82 Å². The fraction of sp³-hybridized carbons (Fsp3) is 0.0833. The van der Waals surface area contributed by atoms with Gasteiger partial charge in [-0.1, -0.05) is 6.07 Å². The highest BCUT2D eigenvalue weighted by molar-refractivity contribution is 5.56. The lowest BCUT2D eigenvalue weighted by atomic mass is 10.3. The minimum atomic E-state index is -0.366. The molecule has 0 saturated carbocycles. The van der Waals surface area contributed by atoms with Crippen molar-refractivity contribution in [3.63, 3.8) is 0 Å². The molecule has 3 aromatic rings. The Bertz CT molecular complexity index is 755. The summed E-state index contributed by atoms with van der Waals surface area (Å²) in [4.78, 5) is 22.4. The van der Waals surface area contributed by atoms with Crippen LogP contribution < -0.4 is 5.56 Å². The third-order valence-corrected chi connectivity index (χ3v) is 2.73. The first-order valence-corrected chi connectivity index (χ1v) is 5.39. The van der Waals surface area contributed by atoms with E-state index in [1.54, 1.807) is 6.20 Å². The molecule has 6 nitrogen and oxygen atoms in total. The summed E-state index contributed by atoms with van der Waals surface area (Å²) in [6.07, 6.45) is 3.58. The van der Waals surface area contributed by atoms with E-state index in [4.69, 9.17) is 0 Å². The SMILES string of the molecule is Cc1c(O)nc(-c2cn3ccccc3n2)[nH]c1=O. The number of pyridine rings is 1. The van der Waals surface area contributed by atoms with Crippen molar-refractivity contribution in [3.05, 3.63) is 46.5 Å². The molecule has 0 fully saturated rings. The van der Waals surface area contributed by atoms with Crippen LogP contribution in [-0.2, 0) is 0 Å². The maximum atomic E-state index is 11.6. The van der Waals surface area contributed by atoms with Gasteiger partial charge < -0.3 is 14.5 Å². The summed E-state index contributed by atoms with van der Waals surface area (Å²) in [6, 6.07) is 5.59. The fourth-order valence-corrected chi connectivity index (χ4v) is 1.69. The third kappa shape index (κ3) is 1.55. The van der Waals surface area contributed by atoms with Crippen LogP contribution in [-0.4, -0.2) is 24.5 Å². The molecule has 0 radical (unpaired) electrons. The molecule has 0 amide bonds. The summed E-state index contributed by atoms with van der Waals surface area (Å²) in [6.45, 7) is 1.51. The van der Waals surface area contributed by atoms with Crippen molar-refractivity contribution in [2.45, 2.75) is 6.92 Å². The van der Waals surface area contributed by atoms with E-state index in [9.17, 15) is 9.90 Å². The van der Waals surface area contributed by atoms with Crippen molar-refractivity contribution < 1.29 is 5.11 Å². The minimum absolute atomic E-state index is 0.197. The van der Waals surface area contributed by atoms with Gasteiger partial charge in [0, 0.05) is 12.4 Å². The second kappa shape index (κ2) is 3.69. The van der Waals surface area contributed by atoms with Gasteiger partial charge in [-0.15, -0.1) is 0 Å². The Morgan fingerprint density at radius 2 is 2.17 bits per heavy atom. The highest BCUT2D eigenvalue weighted by Gasteiger charge is 2.10. The molecule has 90 valence electrons. The second-order valence-electron chi connectivity index (χ2n) is 3.96. The maximum absolute atomic E-state index is 11.6. The van der Waals surface area contributed by atoms with E-state index < -0.39 is 0 Å². The summed E-state index contributed by atoms with van der Waals surface area (Å²) >= 11 is 0. The molecule has 0 bridgehead atoms. The molecule has 0 aliphatic heterocycles. The van der Waals surface area contributed by atoms with Crippen molar-refractivity contribution in [3.8, 4) is 17.4 Å². The number of nitrogens with zero attached hydrogens (tertiary/aromatic N) is 3. The van der Waals surface area contributed by atoms with Crippen molar-refractivity contribution in [2.75, 3.05) is 0 Å². The lowest BCUT2D eigenvalue weighted by Crippen LogP contribution is -2.12. The smallest absolute Gasteiger partial charge is 0.257 e. The summed E-state index contributed by atoms with van der Waals surface area (Å²) in [5.74, 6) is -0.0161. The van der Waals surface area contributed by atoms with Gasteiger partial charge >= 0.3 is 0 Å². The number of imidazole rings is 1. The Labute approximate surface area is 102 Å². The molecular formula is C12H10N4O2. The molecule has 3 heterocycles. The van der Waals surface area contributed by atoms with Crippen LogP contribution in [0.5, 0.6) is 5.88 Å². The zero-order chi connectivity index (χ0) is 12.7. The van der Waals surface area contributed by atoms with Crippen LogP contribution in [0.2, 0.25) is 0 Å². The standard InChI is InChI=1S/C12H10N4O2/c1-7-11(17)14-10(15-12(7)18)8-6-16-5-3-2-4-9(16)13-8/h2-6H,1H3,(H2,14,15,17,18). The Morgan fingerprint density at radius 1 is 1.33 bits per heavy atom. The number of hydrogen-bond donors (Lipinski definition) is 2. The Hall–Kier alpha value is -2.63. The first-order valence-electron chi connectivity index (χ1n) is 5.39. The first kappa shape index (κ1) is 10.5. The molecule has 0 atom stereocenters. The molecule has 6 heteroatoms. The van der Waals surface area contributed by atoms with Crippen LogP contribution in [0.1, 0.15) is 5.56 Å². The predicted molar refractivity (Wildman–Crippen MR) is 65.4 cm³/mol. The molecule has 2 N–H and O–H groups in total. The Kier molecular flexibility index (Phi) is 2.16. The van der Waals surface area contributed by atoms with Crippen LogP contribution in [0.25, 0.3) is 17.2 Å². The van der Waals surface area contributed by atoms with Crippen LogP contribution in [0.3, 0.4) is 0 Å². The van der Waals surface area contributed by atoms with Crippen molar-refractivity contribution in [2.24, 2.45) is 0 Å². The summed E-state index contributed by atoms with van der Waals surface area (Å²) in [7, 11) is 0. The normalized spacial score (nSPS) is 10.9. The number of H-pyrrole nitrogens is 1. The molecule has 0 spiro atoms. The van der Waals surface area contributed by atoms with E-state index in [1.807, 2.05) is 28.8 Å². The minimum Gasteiger partial charge on any atom is -0.493 e. The highest BCUT2D eigenvalue weighted by atomic mass is 16.3. The van der Waals surface area contributed by atoms with E-state index in [0.29, 0.717) is 5.69 Å². The van der Waals surface area contributed by atoms with Crippen molar-refractivity contribution >= 4 is 5.65 Å². The van der Waals surface area contributed by atoms with Gasteiger partial charge in [0.2, 0.25) is 5.88 Å². The van der Waals surface area contributed by atoms with Gasteiger partial charge in [-0.05, 0) is 19.1 Å². The zero-order valence-electron chi connectivity index (χ0n) is 9.58. The summed E-state index contributed by atoms with van der Waals surface area (Å²) in [5, 5.41) is 9.55. The molecule has 0 aliphatic carbocycles. The molecule has 0 unspecified atom stereocenters. The molecule has 3 aromatic heterocycles. The average molecular weight is 242 g/mol. The van der Waals surface area contributed by atoms with Gasteiger partial charge in [0.1, 0.15) is 11.3 Å². The number of aromatic hydroxyl groups is 1. The lowest BCUT2D eigenvalue weighted by Gasteiger charge is -1.99. The van der Waals surface area contributed by atoms with Crippen LogP contribution in [0.15, 0.2) is 35.4 Å². The van der Waals surface area contributed by atoms with Crippen molar-refractivity contribution in [1.29, 1.82) is 0 Å². The number of aromatic amines is 1. The van der Waals surface area contributed by atoms with Crippen LogP contribution >= 0.6 is 0 Å². The van der Waals surface area contributed by atoms with Crippen molar-refractivity contribution in [1.82, 2.24) is 19.4 Å². The van der Waals surface area contributed by atoms with Gasteiger partial charge in [0.05, 0.1) is 5.56 Å². The second-order valence-corrected chi connectivity index (χ2v) is 3.96. The zero-order valence-corrected chi connectivity index (χ0v) is 9.58. The number of fused-ring (bicyclic) bond motifs is 1. The van der Waals surface area contributed by atoms with Crippen LogP contribution in [0.4, 0.5) is 0 Å². The van der Waals surface area contributed by atoms with E-state index in [-0.39, 0.29) is 22.8 Å². The number of hydrogen-bond acceptors (Lipinski definition) is 4. The van der Waals surface area contributed by atoms with E-state index in [0.717, 1.165) is 5.65 Å². The van der Waals surface area contributed by atoms with E-state index in [2.05, 4.69) is 15.0 Å². The van der Waals surface area contributed by atoms with E-state index in [1.165, 1.54) is 6.92 Å². The molecule has 0 aromatic carbocycles.